The molecule has 2 heteroatoms. The number of hydrogen-bond donors (Lipinski definition) is 0. The summed E-state index contributed by atoms with van der Waals surface area (Å²) in [5.41, 5.74) is 0. The van der Waals surface area contributed by atoms with Crippen molar-refractivity contribution >= 4 is 18.7 Å². The lowest BCUT2D eigenvalue weighted by atomic mass is 9.87. The fourth-order valence-electron chi connectivity index (χ4n) is 3.66. The molecule has 0 N–H and O–H groups in total. The van der Waals surface area contributed by atoms with Crippen molar-refractivity contribution in [2.75, 3.05) is 0 Å². The number of benzene rings is 2. The van der Waals surface area contributed by atoms with Crippen LogP contribution in [0.4, 0.5) is 0 Å². The quantitative estimate of drug-likeness (QED) is 0.594. The molecule has 1 fully saturated rings. The van der Waals surface area contributed by atoms with Gasteiger partial charge < -0.3 is 4.43 Å². The molecule has 2 atom stereocenters. The Balaban J connectivity index is 1.97. The summed E-state index contributed by atoms with van der Waals surface area (Å²) in [5.74, 6) is 0.489. The second kappa shape index (κ2) is 7.29. The first-order valence-corrected chi connectivity index (χ1v) is 11.1. The molecule has 0 bridgehead atoms. The van der Waals surface area contributed by atoms with Gasteiger partial charge in [0.15, 0.2) is 0 Å². The molecule has 2 aromatic rings. The second-order valence-corrected chi connectivity index (χ2v) is 10.1. The van der Waals surface area contributed by atoms with E-state index in [1.54, 1.807) is 0 Å². The molecular formula is C21H26OSi. The lowest BCUT2D eigenvalue weighted by molar-refractivity contribution is 0.114. The number of rotatable bonds is 5. The van der Waals surface area contributed by atoms with Crippen LogP contribution in [-0.4, -0.2) is 14.4 Å². The summed E-state index contributed by atoms with van der Waals surface area (Å²) in [6, 6.07) is 21.6. The SMILES string of the molecule is C=CC1CCCCC1O[Si](C)(c1ccccc1)c1ccccc1. The summed E-state index contributed by atoms with van der Waals surface area (Å²) in [6.45, 7) is 6.39. The third-order valence-electron chi connectivity index (χ3n) is 5.09. The lowest BCUT2D eigenvalue weighted by Crippen LogP contribution is -2.60. The van der Waals surface area contributed by atoms with Crippen LogP contribution in [0, 0.1) is 5.92 Å². The van der Waals surface area contributed by atoms with E-state index in [1.165, 1.54) is 29.6 Å². The zero-order valence-corrected chi connectivity index (χ0v) is 14.9. The van der Waals surface area contributed by atoms with Crippen LogP contribution in [0.2, 0.25) is 6.55 Å². The van der Waals surface area contributed by atoms with Gasteiger partial charge in [-0.1, -0.05) is 79.6 Å². The van der Waals surface area contributed by atoms with Crippen LogP contribution in [0.15, 0.2) is 73.3 Å². The Labute approximate surface area is 141 Å². The largest absolute Gasteiger partial charge is 0.405 e. The van der Waals surface area contributed by atoms with E-state index in [4.69, 9.17) is 4.43 Å². The van der Waals surface area contributed by atoms with Crippen molar-refractivity contribution in [2.45, 2.75) is 38.3 Å². The second-order valence-electron chi connectivity index (χ2n) is 6.61. The Morgan fingerprint density at radius 2 is 1.43 bits per heavy atom. The molecule has 0 spiro atoms. The van der Waals surface area contributed by atoms with Crippen LogP contribution < -0.4 is 10.4 Å². The van der Waals surface area contributed by atoms with Gasteiger partial charge in [0, 0.05) is 5.92 Å². The van der Waals surface area contributed by atoms with Gasteiger partial charge >= 0.3 is 0 Å². The van der Waals surface area contributed by atoms with Crippen molar-refractivity contribution in [3.05, 3.63) is 73.3 Å². The Hall–Kier alpha value is -1.64. The normalized spacial score (nSPS) is 21.8. The predicted molar refractivity (Wildman–Crippen MR) is 101 cm³/mol. The maximum Gasteiger partial charge on any atom is 0.253 e. The Morgan fingerprint density at radius 1 is 0.913 bits per heavy atom. The highest BCUT2D eigenvalue weighted by Gasteiger charge is 2.38. The first-order chi connectivity index (χ1) is 11.2. The van der Waals surface area contributed by atoms with Gasteiger partial charge in [-0.2, -0.15) is 0 Å². The van der Waals surface area contributed by atoms with Crippen LogP contribution in [0.1, 0.15) is 25.7 Å². The van der Waals surface area contributed by atoms with Crippen molar-refractivity contribution < 1.29 is 4.43 Å². The molecule has 3 rings (SSSR count). The van der Waals surface area contributed by atoms with Crippen molar-refractivity contribution in [3.8, 4) is 0 Å². The molecule has 0 aromatic heterocycles. The van der Waals surface area contributed by atoms with Crippen LogP contribution >= 0.6 is 0 Å². The van der Waals surface area contributed by atoms with Gasteiger partial charge in [0.1, 0.15) is 0 Å². The zero-order valence-electron chi connectivity index (χ0n) is 13.9. The summed E-state index contributed by atoms with van der Waals surface area (Å²) in [6.07, 6.45) is 7.34. The molecule has 1 nitrogen and oxygen atoms in total. The van der Waals surface area contributed by atoms with E-state index in [0.29, 0.717) is 12.0 Å². The van der Waals surface area contributed by atoms with Crippen molar-refractivity contribution in [1.29, 1.82) is 0 Å². The van der Waals surface area contributed by atoms with E-state index in [2.05, 4.69) is 79.9 Å². The van der Waals surface area contributed by atoms with Crippen molar-refractivity contribution in [1.82, 2.24) is 0 Å². The molecule has 1 saturated carbocycles. The predicted octanol–water partition coefficient (Wildman–Crippen LogP) is 4.14. The Bertz CT molecular complexity index is 583. The molecule has 0 amide bonds. The van der Waals surface area contributed by atoms with Gasteiger partial charge in [0.2, 0.25) is 0 Å². The van der Waals surface area contributed by atoms with Crippen LogP contribution in [0.25, 0.3) is 0 Å². The smallest absolute Gasteiger partial charge is 0.253 e. The summed E-state index contributed by atoms with van der Waals surface area (Å²) in [4.78, 5) is 0. The molecule has 0 aliphatic heterocycles. The molecule has 1 aliphatic carbocycles. The topological polar surface area (TPSA) is 9.23 Å². The van der Waals surface area contributed by atoms with Gasteiger partial charge in [-0.25, -0.2) is 0 Å². The molecule has 1 aliphatic rings. The first-order valence-electron chi connectivity index (χ1n) is 8.65. The summed E-state index contributed by atoms with van der Waals surface area (Å²) < 4.78 is 6.92. The maximum atomic E-state index is 6.92. The number of hydrogen-bond acceptors (Lipinski definition) is 1. The average molecular weight is 323 g/mol. The monoisotopic (exact) mass is 322 g/mol. The highest BCUT2D eigenvalue weighted by atomic mass is 28.4. The van der Waals surface area contributed by atoms with Crippen LogP contribution in [0.5, 0.6) is 0 Å². The fraction of sp³-hybridized carbons (Fsp3) is 0.333. The minimum atomic E-state index is -2.19. The van der Waals surface area contributed by atoms with E-state index >= 15 is 0 Å². The molecular weight excluding hydrogens is 296 g/mol. The van der Waals surface area contributed by atoms with Gasteiger partial charge in [-0.15, -0.1) is 6.58 Å². The van der Waals surface area contributed by atoms with Gasteiger partial charge in [-0.3, -0.25) is 0 Å². The minimum absolute atomic E-state index is 0.304. The Kier molecular flexibility index (Phi) is 5.14. The van der Waals surface area contributed by atoms with Crippen molar-refractivity contribution in [2.24, 2.45) is 5.92 Å². The molecule has 2 aromatic carbocycles. The molecule has 0 heterocycles. The highest BCUT2D eigenvalue weighted by Crippen LogP contribution is 2.29. The molecule has 23 heavy (non-hydrogen) atoms. The van der Waals surface area contributed by atoms with E-state index in [0.717, 1.165) is 6.42 Å². The van der Waals surface area contributed by atoms with Crippen LogP contribution in [0.3, 0.4) is 0 Å². The maximum absolute atomic E-state index is 6.92. The summed E-state index contributed by atoms with van der Waals surface area (Å²) in [5, 5.41) is 2.69. The Morgan fingerprint density at radius 3 is 1.96 bits per heavy atom. The summed E-state index contributed by atoms with van der Waals surface area (Å²) >= 11 is 0. The third-order valence-corrected chi connectivity index (χ3v) is 8.74. The van der Waals surface area contributed by atoms with E-state index in [-0.39, 0.29) is 0 Å². The highest BCUT2D eigenvalue weighted by molar-refractivity contribution is 6.96. The first kappa shape index (κ1) is 16.2. The van der Waals surface area contributed by atoms with E-state index < -0.39 is 8.32 Å². The van der Waals surface area contributed by atoms with Crippen LogP contribution in [-0.2, 0) is 4.43 Å². The molecule has 2 unspecified atom stereocenters. The lowest BCUT2D eigenvalue weighted by Gasteiger charge is -2.38. The summed E-state index contributed by atoms with van der Waals surface area (Å²) in [7, 11) is -2.19. The minimum Gasteiger partial charge on any atom is -0.405 e. The molecule has 0 saturated heterocycles. The molecule has 0 radical (unpaired) electrons. The average Bonchev–Trinajstić information content (AvgIpc) is 2.63. The third kappa shape index (κ3) is 3.49. The standard InChI is InChI=1S/C21H26OSi/c1-3-18-12-10-11-17-21(18)22-23(2,19-13-6-4-7-14-19)20-15-8-5-9-16-20/h3-9,13-16,18,21H,1,10-12,17H2,2H3. The van der Waals surface area contributed by atoms with E-state index in [9.17, 15) is 0 Å². The molecule has 120 valence electrons. The van der Waals surface area contributed by atoms with Crippen molar-refractivity contribution in [3.63, 3.8) is 0 Å². The van der Waals surface area contributed by atoms with Gasteiger partial charge in [0.25, 0.3) is 8.32 Å². The van der Waals surface area contributed by atoms with Gasteiger partial charge in [0.05, 0.1) is 6.10 Å². The zero-order chi connectivity index (χ0) is 16.1. The van der Waals surface area contributed by atoms with E-state index in [1.807, 2.05) is 0 Å². The van der Waals surface area contributed by atoms with Gasteiger partial charge in [-0.05, 0) is 29.8 Å². The fourth-order valence-corrected chi connectivity index (χ4v) is 6.82.